The first-order valence-electron chi connectivity index (χ1n) is 10.0. The molecule has 0 unspecified atom stereocenters. The summed E-state index contributed by atoms with van der Waals surface area (Å²) in [5.74, 6) is 2.31. The second kappa shape index (κ2) is 9.97. The molecule has 31 heavy (non-hydrogen) atoms. The Hall–Kier alpha value is -3.55. The van der Waals surface area contributed by atoms with Crippen molar-refractivity contribution in [1.82, 2.24) is 15.5 Å². The second-order valence-electron chi connectivity index (χ2n) is 7.08. The molecule has 0 spiro atoms. The Labute approximate surface area is 181 Å². The molecule has 0 bridgehead atoms. The fraction of sp³-hybridized carbons (Fsp3) is 0.348. The zero-order valence-corrected chi connectivity index (χ0v) is 18.4. The summed E-state index contributed by atoms with van der Waals surface area (Å²) in [7, 11) is 3.14. The molecule has 1 atom stereocenters. The van der Waals surface area contributed by atoms with Crippen molar-refractivity contribution in [3.63, 3.8) is 0 Å². The molecule has 0 radical (unpaired) electrons. The third-order valence-electron chi connectivity index (χ3n) is 4.79. The Morgan fingerprint density at radius 3 is 2.58 bits per heavy atom. The number of aryl methyl sites for hydroxylation is 2. The molecular weight excluding hydrogens is 398 g/mol. The number of benzene rings is 2. The smallest absolute Gasteiger partial charge is 0.261 e. The van der Waals surface area contributed by atoms with Crippen LogP contribution in [-0.4, -0.2) is 36.4 Å². The van der Waals surface area contributed by atoms with Crippen molar-refractivity contribution in [1.29, 1.82) is 0 Å². The van der Waals surface area contributed by atoms with Gasteiger partial charge in [-0.05, 0) is 44.0 Å². The molecule has 1 amide bonds. The molecule has 3 aromatic rings. The van der Waals surface area contributed by atoms with E-state index in [1.165, 1.54) is 0 Å². The van der Waals surface area contributed by atoms with Crippen LogP contribution in [0.1, 0.15) is 30.4 Å². The van der Waals surface area contributed by atoms with Gasteiger partial charge >= 0.3 is 0 Å². The summed E-state index contributed by atoms with van der Waals surface area (Å²) in [5, 5.41) is 6.79. The van der Waals surface area contributed by atoms with Gasteiger partial charge in [-0.15, -0.1) is 0 Å². The lowest BCUT2D eigenvalue weighted by molar-refractivity contribution is -0.128. The van der Waals surface area contributed by atoms with E-state index >= 15 is 0 Å². The molecule has 0 aliphatic rings. The summed E-state index contributed by atoms with van der Waals surface area (Å²) in [6.45, 7) is 5.97. The summed E-state index contributed by atoms with van der Waals surface area (Å²) >= 11 is 0. The molecule has 0 saturated heterocycles. The maximum atomic E-state index is 12.6. The van der Waals surface area contributed by atoms with Gasteiger partial charge in [0.2, 0.25) is 11.7 Å². The first kappa shape index (κ1) is 22.1. The van der Waals surface area contributed by atoms with E-state index < -0.39 is 6.10 Å². The van der Waals surface area contributed by atoms with Crippen molar-refractivity contribution in [2.24, 2.45) is 0 Å². The summed E-state index contributed by atoms with van der Waals surface area (Å²) < 4.78 is 21.8. The van der Waals surface area contributed by atoms with Crippen molar-refractivity contribution in [2.75, 3.05) is 14.2 Å². The molecule has 1 heterocycles. The van der Waals surface area contributed by atoms with Crippen LogP contribution in [0, 0.1) is 13.8 Å². The third-order valence-corrected chi connectivity index (χ3v) is 4.79. The average molecular weight is 425 g/mol. The fourth-order valence-corrected chi connectivity index (χ4v) is 3.10. The lowest BCUT2D eigenvalue weighted by Crippen LogP contribution is -2.37. The number of hydrogen-bond donors (Lipinski definition) is 1. The van der Waals surface area contributed by atoms with Gasteiger partial charge in [0.1, 0.15) is 17.2 Å². The number of carbonyl (C=O) groups excluding carboxylic acids is 1. The SMILES string of the molecule is CC[C@H](Oc1ccc(C)cc1C)C(=O)NCc1nc(-c2ccc(OC)cc2OC)no1. The summed E-state index contributed by atoms with van der Waals surface area (Å²) in [6.07, 6.45) is -0.0948. The van der Waals surface area contributed by atoms with Crippen molar-refractivity contribution in [3.05, 3.63) is 53.4 Å². The van der Waals surface area contributed by atoms with E-state index in [1.807, 2.05) is 39.0 Å². The van der Waals surface area contributed by atoms with Crippen LogP contribution in [0.2, 0.25) is 0 Å². The van der Waals surface area contributed by atoms with Crippen LogP contribution in [0.5, 0.6) is 17.2 Å². The van der Waals surface area contributed by atoms with Crippen LogP contribution in [0.3, 0.4) is 0 Å². The van der Waals surface area contributed by atoms with Crippen LogP contribution >= 0.6 is 0 Å². The van der Waals surface area contributed by atoms with E-state index in [4.69, 9.17) is 18.7 Å². The van der Waals surface area contributed by atoms with Crippen molar-refractivity contribution >= 4 is 5.91 Å². The van der Waals surface area contributed by atoms with Crippen molar-refractivity contribution in [3.8, 4) is 28.6 Å². The van der Waals surface area contributed by atoms with Gasteiger partial charge in [0, 0.05) is 6.07 Å². The van der Waals surface area contributed by atoms with E-state index in [0.29, 0.717) is 35.1 Å². The van der Waals surface area contributed by atoms with Crippen molar-refractivity contribution < 1.29 is 23.5 Å². The highest BCUT2D eigenvalue weighted by Gasteiger charge is 2.20. The topological polar surface area (TPSA) is 95.7 Å². The number of ether oxygens (including phenoxy) is 3. The number of aromatic nitrogens is 2. The Morgan fingerprint density at radius 1 is 1.10 bits per heavy atom. The molecule has 0 aliphatic carbocycles. The number of hydrogen-bond acceptors (Lipinski definition) is 7. The number of nitrogens with zero attached hydrogens (tertiary/aromatic N) is 2. The van der Waals surface area contributed by atoms with Crippen LogP contribution < -0.4 is 19.5 Å². The highest BCUT2D eigenvalue weighted by Crippen LogP contribution is 2.31. The van der Waals surface area contributed by atoms with Crippen LogP contribution in [-0.2, 0) is 11.3 Å². The Balaban J connectivity index is 1.65. The molecule has 0 aliphatic heterocycles. The molecule has 3 rings (SSSR count). The molecular formula is C23H27N3O5. The minimum atomic E-state index is -0.620. The Morgan fingerprint density at radius 2 is 1.90 bits per heavy atom. The van der Waals surface area contributed by atoms with E-state index in [-0.39, 0.29) is 18.3 Å². The standard InChI is InChI=1S/C23H27N3O5/c1-6-18(30-19-10-7-14(2)11-15(19)3)23(27)24-13-21-25-22(26-31-21)17-9-8-16(28-4)12-20(17)29-5/h7-12,18H,6,13H2,1-5H3,(H,24,27)/t18-/m0/s1. The van der Waals surface area contributed by atoms with Gasteiger partial charge in [-0.2, -0.15) is 4.98 Å². The molecule has 0 fully saturated rings. The minimum Gasteiger partial charge on any atom is -0.497 e. The van der Waals surface area contributed by atoms with E-state index in [2.05, 4.69) is 15.5 Å². The first-order valence-corrected chi connectivity index (χ1v) is 10.0. The van der Waals surface area contributed by atoms with E-state index in [0.717, 1.165) is 11.1 Å². The molecule has 2 aromatic carbocycles. The number of amides is 1. The second-order valence-corrected chi connectivity index (χ2v) is 7.08. The summed E-state index contributed by atoms with van der Waals surface area (Å²) in [6, 6.07) is 11.2. The van der Waals surface area contributed by atoms with Crippen LogP contribution in [0.15, 0.2) is 40.9 Å². The van der Waals surface area contributed by atoms with Gasteiger partial charge in [-0.3, -0.25) is 4.79 Å². The van der Waals surface area contributed by atoms with Gasteiger partial charge in [0.25, 0.3) is 5.91 Å². The van der Waals surface area contributed by atoms with Gasteiger partial charge in [0.15, 0.2) is 6.10 Å². The predicted molar refractivity (Wildman–Crippen MR) is 115 cm³/mol. The molecule has 0 saturated carbocycles. The van der Waals surface area contributed by atoms with Gasteiger partial charge in [0.05, 0.1) is 26.3 Å². The highest BCUT2D eigenvalue weighted by molar-refractivity contribution is 5.81. The monoisotopic (exact) mass is 425 g/mol. The highest BCUT2D eigenvalue weighted by atomic mass is 16.5. The first-order chi connectivity index (χ1) is 14.9. The van der Waals surface area contributed by atoms with Crippen molar-refractivity contribution in [2.45, 2.75) is 39.8 Å². The summed E-state index contributed by atoms with van der Waals surface area (Å²) in [4.78, 5) is 17.0. The van der Waals surface area contributed by atoms with Gasteiger partial charge in [-0.1, -0.05) is 29.8 Å². The number of nitrogens with one attached hydrogen (secondary N) is 1. The molecule has 8 nitrogen and oxygen atoms in total. The fourth-order valence-electron chi connectivity index (χ4n) is 3.10. The Kier molecular flexibility index (Phi) is 7.12. The zero-order chi connectivity index (χ0) is 22.4. The minimum absolute atomic E-state index is 0.0943. The lowest BCUT2D eigenvalue weighted by Gasteiger charge is -2.18. The molecule has 8 heteroatoms. The lowest BCUT2D eigenvalue weighted by atomic mass is 10.1. The third kappa shape index (κ3) is 5.33. The molecule has 1 aromatic heterocycles. The van der Waals surface area contributed by atoms with Crippen LogP contribution in [0.25, 0.3) is 11.4 Å². The maximum absolute atomic E-state index is 12.6. The van der Waals surface area contributed by atoms with E-state index in [9.17, 15) is 4.79 Å². The number of methoxy groups -OCH3 is 2. The van der Waals surface area contributed by atoms with Crippen LogP contribution in [0.4, 0.5) is 0 Å². The average Bonchev–Trinajstić information content (AvgIpc) is 3.25. The largest absolute Gasteiger partial charge is 0.497 e. The quantitative estimate of drug-likeness (QED) is 0.556. The summed E-state index contributed by atoms with van der Waals surface area (Å²) in [5.41, 5.74) is 2.79. The number of carbonyl (C=O) groups is 1. The molecule has 164 valence electrons. The predicted octanol–water partition coefficient (Wildman–Crippen LogP) is 3.84. The Bertz CT molecular complexity index is 1050. The van der Waals surface area contributed by atoms with E-state index in [1.54, 1.807) is 32.4 Å². The van der Waals surface area contributed by atoms with Gasteiger partial charge < -0.3 is 24.1 Å². The zero-order valence-electron chi connectivity index (χ0n) is 18.4. The number of rotatable bonds is 9. The van der Waals surface area contributed by atoms with Gasteiger partial charge in [-0.25, -0.2) is 0 Å². The maximum Gasteiger partial charge on any atom is 0.261 e. The molecule has 1 N–H and O–H groups in total. The normalized spacial score (nSPS) is 11.6.